The van der Waals surface area contributed by atoms with Crippen LogP contribution in [-0.2, 0) is 28.6 Å². The van der Waals surface area contributed by atoms with E-state index < -0.39 is 6.10 Å². The smallest absolute Gasteiger partial charge is 0.306 e. The first-order chi connectivity index (χ1) is 32.5. The standard InChI is InChI=1S/C60H104O6/c1-4-7-10-13-16-19-22-24-26-28-29-30-31-33-34-36-38-41-44-47-50-53-59(62)65-56-57(55-64-58(61)52-49-46-43-40-21-18-15-12-9-6-3)66-60(63)54-51-48-45-42-39-37-35-32-27-25-23-20-17-14-11-8-5-2/h8,11-12,15,17,20,22,24-25,27-29,57H,4-7,9-10,13-14,16,18-19,21,23,26,30-56H2,1-3H3/b11-8-,15-12-,20-17-,24-22-,27-25-,29-28-. The Bertz CT molecular complexity index is 1240. The van der Waals surface area contributed by atoms with Crippen molar-refractivity contribution in [2.45, 2.75) is 277 Å². The molecule has 380 valence electrons. The molecule has 0 heterocycles. The Labute approximate surface area is 408 Å². The highest BCUT2D eigenvalue weighted by Crippen LogP contribution is 2.15. The molecule has 0 aliphatic rings. The first kappa shape index (κ1) is 62.8. The van der Waals surface area contributed by atoms with Crippen molar-refractivity contribution in [3.63, 3.8) is 0 Å². The maximum Gasteiger partial charge on any atom is 0.306 e. The highest BCUT2D eigenvalue weighted by Gasteiger charge is 2.19. The summed E-state index contributed by atoms with van der Waals surface area (Å²) in [7, 11) is 0. The number of hydrogen-bond donors (Lipinski definition) is 0. The Morgan fingerprint density at radius 3 is 1.00 bits per heavy atom. The van der Waals surface area contributed by atoms with Crippen molar-refractivity contribution < 1.29 is 28.6 Å². The van der Waals surface area contributed by atoms with E-state index in [9.17, 15) is 14.4 Å². The normalized spacial score (nSPS) is 12.6. The van der Waals surface area contributed by atoms with Crippen LogP contribution >= 0.6 is 0 Å². The molecule has 0 amide bonds. The zero-order valence-electron chi connectivity index (χ0n) is 43.4. The van der Waals surface area contributed by atoms with E-state index in [4.69, 9.17) is 14.2 Å². The number of carbonyl (C=O) groups excluding carboxylic acids is 3. The van der Waals surface area contributed by atoms with Crippen LogP contribution < -0.4 is 0 Å². The summed E-state index contributed by atoms with van der Waals surface area (Å²) in [5.41, 5.74) is 0. The second-order valence-corrected chi connectivity index (χ2v) is 18.5. The van der Waals surface area contributed by atoms with E-state index in [1.54, 1.807) is 0 Å². The summed E-state index contributed by atoms with van der Waals surface area (Å²) in [5.74, 6) is -0.904. The highest BCUT2D eigenvalue weighted by molar-refractivity contribution is 5.71. The van der Waals surface area contributed by atoms with E-state index in [-0.39, 0.29) is 31.1 Å². The summed E-state index contributed by atoms with van der Waals surface area (Å²) in [6.45, 7) is 6.45. The minimum absolute atomic E-state index is 0.0841. The van der Waals surface area contributed by atoms with Crippen LogP contribution in [0.5, 0.6) is 0 Å². The number of esters is 3. The third-order valence-corrected chi connectivity index (χ3v) is 11.9. The predicted molar refractivity (Wildman–Crippen MR) is 284 cm³/mol. The van der Waals surface area contributed by atoms with Crippen LogP contribution in [0.3, 0.4) is 0 Å². The Balaban J connectivity index is 4.32. The average molecular weight is 921 g/mol. The number of ether oxygens (including phenoxy) is 3. The van der Waals surface area contributed by atoms with Gasteiger partial charge in [-0.1, -0.05) is 222 Å². The molecule has 1 unspecified atom stereocenters. The maximum atomic E-state index is 12.8. The number of carbonyl (C=O) groups is 3. The first-order valence-electron chi connectivity index (χ1n) is 27.9. The van der Waals surface area contributed by atoms with Crippen LogP contribution in [0.15, 0.2) is 72.9 Å². The van der Waals surface area contributed by atoms with E-state index in [1.165, 1.54) is 128 Å². The van der Waals surface area contributed by atoms with Crippen LogP contribution in [0, 0.1) is 0 Å². The number of allylic oxidation sites excluding steroid dienone is 12. The zero-order chi connectivity index (χ0) is 47.9. The lowest BCUT2D eigenvalue weighted by Crippen LogP contribution is -2.30. The van der Waals surface area contributed by atoms with Crippen molar-refractivity contribution in [1.29, 1.82) is 0 Å². The van der Waals surface area contributed by atoms with Crippen LogP contribution in [0.4, 0.5) is 0 Å². The van der Waals surface area contributed by atoms with Crippen LogP contribution in [0.2, 0.25) is 0 Å². The molecule has 0 radical (unpaired) electrons. The Morgan fingerprint density at radius 1 is 0.318 bits per heavy atom. The number of unbranched alkanes of at least 4 members (excludes halogenated alkanes) is 27. The zero-order valence-corrected chi connectivity index (χ0v) is 43.4. The van der Waals surface area contributed by atoms with Gasteiger partial charge < -0.3 is 14.2 Å². The molecule has 66 heavy (non-hydrogen) atoms. The second-order valence-electron chi connectivity index (χ2n) is 18.5. The van der Waals surface area contributed by atoms with Gasteiger partial charge in [-0.3, -0.25) is 14.4 Å². The van der Waals surface area contributed by atoms with Crippen LogP contribution in [0.1, 0.15) is 271 Å². The molecule has 0 spiro atoms. The largest absolute Gasteiger partial charge is 0.462 e. The fraction of sp³-hybridized carbons (Fsp3) is 0.750. The third-order valence-electron chi connectivity index (χ3n) is 11.9. The lowest BCUT2D eigenvalue weighted by atomic mass is 10.1. The SMILES string of the molecule is CC/C=C\C/C=C\C/C=C\CCCCCCCCCC(=O)OC(COC(=O)CCCCCCC/C=C\CCC)COC(=O)CCCCCCCCCCC/C=C\C/C=C\CCCCCCC. The number of rotatable bonds is 50. The molecule has 6 heteroatoms. The van der Waals surface area contributed by atoms with Crippen molar-refractivity contribution in [3.8, 4) is 0 Å². The maximum absolute atomic E-state index is 12.8. The molecule has 0 N–H and O–H groups in total. The van der Waals surface area contributed by atoms with Crippen molar-refractivity contribution in [2.24, 2.45) is 0 Å². The predicted octanol–water partition coefficient (Wildman–Crippen LogP) is 18.6. The van der Waals surface area contributed by atoms with Gasteiger partial charge in [-0.25, -0.2) is 0 Å². The summed E-state index contributed by atoms with van der Waals surface area (Å²) in [6.07, 6.45) is 68.9. The fourth-order valence-electron chi connectivity index (χ4n) is 7.72. The lowest BCUT2D eigenvalue weighted by molar-refractivity contribution is -0.167. The van der Waals surface area contributed by atoms with Gasteiger partial charge >= 0.3 is 17.9 Å². The monoisotopic (exact) mass is 921 g/mol. The Morgan fingerprint density at radius 2 is 0.621 bits per heavy atom. The van der Waals surface area contributed by atoms with E-state index in [1.807, 2.05) is 0 Å². The van der Waals surface area contributed by atoms with Gasteiger partial charge in [0.2, 0.25) is 0 Å². The molecule has 0 aromatic heterocycles. The summed E-state index contributed by atoms with van der Waals surface area (Å²) in [5, 5.41) is 0. The van der Waals surface area contributed by atoms with Crippen molar-refractivity contribution in [1.82, 2.24) is 0 Å². The fourth-order valence-corrected chi connectivity index (χ4v) is 7.72. The third kappa shape index (κ3) is 51.8. The minimum atomic E-state index is -0.785. The molecule has 0 aromatic rings. The van der Waals surface area contributed by atoms with Crippen molar-refractivity contribution in [3.05, 3.63) is 72.9 Å². The summed E-state index contributed by atoms with van der Waals surface area (Å²) in [6, 6.07) is 0. The van der Waals surface area contributed by atoms with Gasteiger partial charge in [-0.05, 0) is 103 Å². The molecule has 0 saturated carbocycles. The molecule has 1 atom stereocenters. The van der Waals surface area contributed by atoms with Gasteiger partial charge in [0.1, 0.15) is 13.2 Å². The van der Waals surface area contributed by atoms with Crippen LogP contribution in [-0.4, -0.2) is 37.2 Å². The van der Waals surface area contributed by atoms with Crippen molar-refractivity contribution >= 4 is 17.9 Å². The summed E-state index contributed by atoms with van der Waals surface area (Å²) >= 11 is 0. The molecule has 0 rings (SSSR count). The van der Waals surface area contributed by atoms with Gasteiger partial charge in [-0.2, -0.15) is 0 Å². The Kier molecular flexibility index (Phi) is 51.9. The quantitative estimate of drug-likeness (QED) is 0.0262. The molecular formula is C60H104O6. The van der Waals surface area contributed by atoms with Gasteiger partial charge in [0.05, 0.1) is 0 Å². The lowest BCUT2D eigenvalue weighted by Gasteiger charge is -2.18. The molecule has 6 nitrogen and oxygen atoms in total. The van der Waals surface area contributed by atoms with E-state index >= 15 is 0 Å². The number of hydrogen-bond acceptors (Lipinski definition) is 6. The molecule has 0 fully saturated rings. The topological polar surface area (TPSA) is 78.9 Å². The van der Waals surface area contributed by atoms with Gasteiger partial charge in [0.15, 0.2) is 6.10 Å². The van der Waals surface area contributed by atoms with Gasteiger partial charge in [0, 0.05) is 19.3 Å². The molecule has 0 aliphatic carbocycles. The van der Waals surface area contributed by atoms with Crippen molar-refractivity contribution in [2.75, 3.05) is 13.2 Å². The average Bonchev–Trinajstić information content (AvgIpc) is 3.31. The molecule has 0 aliphatic heterocycles. The molecular weight excluding hydrogens is 817 g/mol. The second kappa shape index (κ2) is 54.5. The van der Waals surface area contributed by atoms with Gasteiger partial charge in [0.25, 0.3) is 0 Å². The Hall–Kier alpha value is -3.15. The molecule has 0 bridgehead atoms. The van der Waals surface area contributed by atoms with E-state index in [2.05, 4.69) is 93.7 Å². The van der Waals surface area contributed by atoms with E-state index in [0.29, 0.717) is 19.3 Å². The van der Waals surface area contributed by atoms with E-state index in [0.717, 1.165) is 103 Å². The highest BCUT2D eigenvalue weighted by atomic mass is 16.6. The van der Waals surface area contributed by atoms with Gasteiger partial charge in [-0.15, -0.1) is 0 Å². The molecule has 0 aromatic carbocycles. The first-order valence-corrected chi connectivity index (χ1v) is 27.9. The minimum Gasteiger partial charge on any atom is -0.462 e. The summed E-state index contributed by atoms with van der Waals surface area (Å²) < 4.78 is 16.8. The summed E-state index contributed by atoms with van der Waals surface area (Å²) in [4.78, 5) is 38.0. The van der Waals surface area contributed by atoms with Crippen LogP contribution in [0.25, 0.3) is 0 Å². The molecule has 0 saturated heterocycles.